The summed E-state index contributed by atoms with van der Waals surface area (Å²) >= 11 is 0. The van der Waals surface area contributed by atoms with Crippen LogP contribution in [0.25, 0.3) is 22.7 Å². The largest absolute Gasteiger partial charge is 0.494 e. The van der Waals surface area contributed by atoms with Crippen molar-refractivity contribution in [3.8, 4) is 17.2 Å². The Morgan fingerprint density at radius 2 is 1.94 bits per heavy atom. The molecule has 1 aliphatic rings. The van der Waals surface area contributed by atoms with Crippen molar-refractivity contribution in [2.45, 2.75) is 13.3 Å². The number of nitrogens with zero attached hydrogens (tertiary/aromatic N) is 4. The first-order valence-electron chi connectivity index (χ1n) is 11.7. The molecule has 1 saturated heterocycles. The minimum atomic E-state index is -0.297. The number of nitrogens with one attached hydrogen (secondary N) is 1. The molecule has 5 rings (SSSR count). The lowest BCUT2D eigenvalue weighted by molar-refractivity contribution is 0.0358. The quantitative estimate of drug-likeness (QED) is 0.384. The summed E-state index contributed by atoms with van der Waals surface area (Å²) in [6.45, 7) is 7.16. The highest BCUT2D eigenvalue weighted by atomic mass is 16.5. The number of rotatable bonds is 8. The second-order valence-corrected chi connectivity index (χ2v) is 8.36. The molecule has 0 radical (unpaired) electrons. The number of morpholine rings is 1. The molecule has 0 saturated carbocycles. The molecule has 1 fully saturated rings. The summed E-state index contributed by atoms with van der Waals surface area (Å²) in [5, 5.41) is 2.88. The molecule has 0 atom stereocenters. The van der Waals surface area contributed by atoms with E-state index in [9.17, 15) is 4.79 Å². The van der Waals surface area contributed by atoms with Crippen LogP contribution in [0.5, 0.6) is 5.75 Å². The summed E-state index contributed by atoms with van der Waals surface area (Å²) < 4.78 is 17.1. The molecule has 9 heteroatoms. The molecule has 1 N–H and O–H groups in total. The zero-order valence-corrected chi connectivity index (χ0v) is 19.6. The maximum absolute atomic E-state index is 12.9. The number of pyridine rings is 2. The van der Waals surface area contributed by atoms with E-state index >= 15 is 0 Å². The first kappa shape index (κ1) is 22.9. The van der Waals surface area contributed by atoms with Crippen LogP contribution < -0.4 is 10.1 Å². The fraction of sp³-hybridized carbons (Fsp3) is 0.308. The molecule has 9 nitrogen and oxygen atoms in total. The van der Waals surface area contributed by atoms with Gasteiger partial charge in [0.15, 0.2) is 0 Å². The Bertz CT molecular complexity index is 1300. The Hall–Kier alpha value is -3.82. The smallest absolute Gasteiger partial charge is 0.258 e. The second-order valence-electron chi connectivity index (χ2n) is 8.36. The molecule has 1 amide bonds. The van der Waals surface area contributed by atoms with Crippen LogP contribution in [0.15, 0.2) is 59.4 Å². The molecule has 4 aromatic rings. The monoisotopic (exact) mass is 473 g/mol. The van der Waals surface area contributed by atoms with Crippen molar-refractivity contribution in [1.82, 2.24) is 19.9 Å². The van der Waals surface area contributed by atoms with Crippen molar-refractivity contribution in [2.24, 2.45) is 0 Å². The average molecular weight is 474 g/mol. The number of hydrogen-bond donors (Lipinski definition) is 1. The Balaban J connectivity index is 1.24. The third-order valence-corrected chi connectivity index (χ3v) is 5.92. The van der Waals surface area contributed by atoms with Gasteiger partial charge in [-0.1, -0.05) is 0 Å². The van der Waals surface area contributed by atoms with Gasteiger partial charge in [0.2, 0.25) is 11.6 Å². The van der Waals surface area contributed by atoms with Crippen molar-refractivity contribution in [1.29, 1.82) is 0 Å². The van der Waals surface area contributed by atoms with Crippen LogP contribution in [-0.4, -0.2) is 65.2 Å². The molecule has 3 aromatic heterocycles. The summed E-state index contributed by atoms with van der Waals surface area (Å²) in [7, 11) is 0. The number of amides is 1. The summed E-state index contributed by atoms with van der Waals surface area (Å²) in [5.41, 5.74) is 3.44. The van der Waals surface area contributed by atoms with Gasteiger partial charge in [0.25, 0.3) is 5.91 Å². The van der Waals surface area contributed by atoms with Gasteiger partial charge in [0, 0.05) is 37.6 Å². The van der Waals surface area contributed by atoms with Crippen molar-refractivity contribution >= 4 is 22.8 Å². The molecular formula is C26H27N5O4. The molecule has 35 heavy (non-hydrogen) atoms. The number of anilines is 1. The summed E-state index contributed by atoms with van der Waals surface area (Å²) in [5.74, 6) is 0.884. The van der Waals surface area contributed by atoms with Gasteiger partial charge >= 0.3 is 0 Å². The number of fused-ring (bicyclic) bond motifs is 1. The number of aryl methyl sites for hydroxylation is 1. The van der Waals surface area contributed by atoms with E-state index in [-0.39, 0.29) is 5.91 Å². The van der Waals surface area contributed by atoms with Crippen LogP contribution in [0.2, 0.25) is 0 Å². The summed E-state index contributed by atoms with van der Waals surface area (Å²) in [6, 6.07) is 11.0. The Labute approximate surface area is 203 Å². The Morgan fingerprint density at radius 1 is 1.11 bits per heavy atom. The number of oxazole rings is 1. The van der Waals surface area contributed by atoms with Crippen molar-refractivity contribution in [3.05, 3.63) is 66.1 Å². The van der Waals surface area contributed by atoms with Gasteiger partial charge in [0.05, 0.1) is 37.3 Å². The van der Waals surface area contributed by atoms with Crippen molar-refractivity contribution < 1.29 is 18.7 Å². The highest BCUT2D eigenvalue weighted by Crippen LogP contribution is 2.27. The number of ether oxygens (including phenoxy) is 2. The lowest BCUT2D eigenvalue weighted by atomic mass is 10.2. The number of aromatic nitrogens is 3. The lowest BCUT2D eigenvalue weighted by Gasteiger charge is -2.26. The maximum atomic E-state index is 12.9. The van der Waals surface area contributed by atoms with Gasteiger partial charge in [-0.3, -0.25) is 14.7 Å². The molecule has 0 unspecified atom stereocenters. The number of benzene rings is 1. The minimum absolute atomic E-state index is 0.297. The van der Waals surface area contributed by atoms with Crippen molar-refractivity contribution in [2.75, 3.05) is 44.8 Å². The lowest BCUT2D eigenvalue weighted by Crippen LogP contribution is -2.37. The van der Waals surface area contributed by atoms with Gasteiger partial charge in [-0.05, 0) is 55.3 Å². The fourth-order valence-electron chi connectivity index (χ4n) is 3.92. The van der Waals surface area contributed by atoms with E-state index in [1.165, 1.54) is 6.20 Å². The SMILES string of the molecule is Cc1ccncc1NC(=O)c1ccnc2oc(-c3ccc(OCCCN4CCOCC4)cc3)nc12. The van der Waals surface area contributed by atoms with E-state index < -0.39 is 0 Å². The molecule has 1 aromatic carbocycles. The average Bonchev–Trinajstić information content (AvgIpc) is 3.33. The first-order chi connectivity index (χ1) is 17.2. The molecule has 1 aliphatic heterocycles. The van der Waals surface area contributed by atoms with Crippen LogP contribution >= 0.6 is 0 Å². The van der Waals surface area contributed by atoms with Crippen LogP contribution in [0.4, 0.5) is 5.69 Å². The van der Waals surface area contributed by atoms with Crippen LogP contribution in [0, 0.1) is 6.92 Å². The zero-order valence-electron chi connectivity index (χ0n) is 19.6. The van der Waals surface area contributed by atoms with E-state index in [0.29, 0.717) is 35.0 Å². The van der Waals surface area contributed by atoms with Crippen LogP contribution in [-0.2, 0) is 4.74 Å². The number of hydrogen-bond acceptors (Lipinski definition) is 8. The van der Waals surface area contributed by atoms with Crippen LogP contribution in [0.3, 0.4) is 0 Å². The summed E-state index contributed by atoms with van der Waals surface area (Å²) in [6.07, 6.45) is 5.80. The topological polar surface area (TPSA) is 103 Å². The van der Waals surface area contributed by atoms with Gasteiger partial charge in [0.1, 0.15) is 11.3 Å². The van der Waals surface area contributed by atoms with Gasteiger partial charge < -0.3 is 19.2 Å². The standard InChI is InChI=1S/C26H27N5O4/c1-18-7-9-27-17-22(18)29-24(32)21-8-10-28-26-23(21)30-25(35-26)19-3-5-20(6-4-19)34-14-2-11-31-12-15-33-16-13-31/h3-10,17H,2,11-16H2,1H3,(H,29,32). The Morgan fingerprint density at radius 3 is 2.74 bits per heavy atom. The molecule has 0 bridgehead atoms. The highest BCUT2D eigenvalue weighted by Gasteiger charge is 2.18. The van der Waals surface area contributed by atoms with Crippen molar-refractivity contribution in [3.63, 3.8) is 0 Å². The molecular weight excluding hydrogens is 446 g/mol. The van der Waals surface area contributed by atoms with E-state index in [2.05, 4.69) is 25.2 Å². The maximum Gasteiger partial charge on any atom is 0.258 e. The van der Waals surface area contributed by atoms with E-state index in [1.807, 2.05) is 37.3 Å². The Kier molecular flexibility index (Phi) is 6.97. The summed E-state index contributed by atoms with van der Waals surface area (Å²) in [4.78, 5) is 28.2. The number of carbonyl (C=O) groups excluding carboxylic acids is 1. The van der Waals surface area contributed by atoms with E-state index in [4.69, 9.17) is 13.9 Å². The fourth-order valence-corrected chi connectivity index (χ4v) is 3.92. The molecule has 0 spiro atoms. The van der Waals surface area contributed by atoms with E-state index in [0.717, 1.165) is 56.1 Å². The first-order valence-corrected chi connectivity index (χ1v) is 11.7. The van der Waals surface area contributed by atoms with E-state index in [1.54, 1.807) is 18.5 Å². The third kappa shape index (κ3) is 5.47. The highest BCUT2D eigenvalue weighted by molar-refractivity contribution is 6.11. The van der Waals surface area contributed by atoms with Gasteiger partial charge in [-0.15, -0.1) is 0 Å². The predicted octanol–water partition coefficient (Wildman–Crippen LogP) is 3.95. The van der Waals surface area contributed by atoms with Gasteiger partial charge in [-0.25, -0.2) is 9.97 Å². The van der Waals surface area contributed by atoms with Crippen LogP contribution in [0.1, 0.15) is 22.3 Å². The zero-order chi connectivity index (χ0) is 24.0. The molecule has 0 aliphatic carbocycles. The number of carbonyl (C=O) groups is 1. The minimum Gasteiger partial charge on any atom is -0.494 e. The predicted molar refractivity (Wildman–Crippen MR) is 132 cm³/mol. The molecule has 180 valence electrons. The molecule has 4 heterocycles. The third-order valence-electron chi connectivity index (χ3n) is 5.92. The normalized spacial score (nSPS) is 14.2. The van der Waals surface area contributed by atoms with Gasteiger partial charge in [-0.2, -0.15) is 0 Å². The second kappa shape index (κ2) is 10.6.